The molecule has 0 aromatic carbocycles. The molecule has 2 nitrogen and oxygen atoms in total. The largest absolute Gasteiger partial charge is 0.443 e. The lowest BCUT2D eigenvalue weighted by Crippen LogP contribution is -2.09. The van der Waals surface area contributed by atoms with Gasteiger partial charge in [-0.25, -0.2) is 4.98 Å². The van der Waals surface area contributed by atoms with Gasteiger partial charge in [0.2, 0.25) is 0 Å². The molecule has 82 valence electrons. The molecule has 0 spiro atoms. The highest BCUT2D eigenvalue weighted by Gasteiger charge is 2.46. The molecule has 1 saturated carbocycles. The summed E-state index contributed by atoms with van der Waals surface area (Å²) in [7, 11) is 0. The maximum absolute atomic E-state index is 12.2. The van der Waals surface area contributed by atoms with E-state index >= 15 is 0 Å². The molecular weight excluding hydrogens is 227 g/mol. The molecule has 1 aromatic rings. The van der Waals surface area contributed by atoms with Crippen LogP contribution in [0.4, 0.5) is 13.2 Å². The van der Waals surface area contributed by atoms with Crippen molar-refractivity contribution in [2.24, 2.45) is 5.41 Å². The molecule has 0 radical (unpaired) electrons. The van der Waals surface area contributed by atoms with E-state index in [2.05, 4.69) is 4.98 Å². The highest BCUT2D eigenvalue weighted by molar-refractivity contribution is 7.13. The molecule has 1 aliphatic rings. The quantitative estimate of drug-likeness (QED) is 0.737. The first-order valence-electron chi connectivity index (χ1n) is 4.41. The average Bonchev–Trinajstić information content (AvgIpc) is 2.68. The van der Waals surface area contributed by atoms with Gasteiger partial charge < -0.3 is 0 Å². The molecule has 1 fully saturated rings. The van der Waals surface area contributed by atoms with Crippen LogP contribution in [0.15, 0.2) is 6.20 Å². The minimum atomic E-state index is -4.45. The van der Waals surface area contributed by atoms with Gasteiger partial charge in [0.25, 0.3) is 0 Å². The van der Waals surface area contributed by atoms with Crippen LogP contribution in [-0.2, 0) is 6.18 Å². The SMILES string of the molecule is CC1(C(=O)c2cnc(C(F)(F)F)s2)CC1. The van der Waals surface area contributed by atoms with Gasteiger partial charge in [0.1, 0.15) is 0 Å². The molecule has 1 aliphatic carbocycles. The third-order valence-corrected chi connectivity index (χ3v) is 3.56. The number of carbonyl (C=O) groups excluding carboxylic acids is 1. The minimum absolute atomic E-state index is 0.113. The van der Waals surface area contributed by atoms with Crippen LogP contribution in [0.3, 0.4) is 0 Å². The monoisotopic (exact) mass is 235 g/mol. The lowest BCUT2D eigenvalue weighted by Gasteiger charge is -2.03. The van der Waals surface area contributed by atoms with Crippen LogP contribution in [0.1, 0.15) is 34.4 Å². The van der Waals surface area contributed by atoms with Gasteiger partial charge in [-0.2, -0.15) is 13.2 Å². The van der Waals surface area contributed by atoms with Crippen LogP contribution in [0, 0.1) is 5.41 Å². The molecule has 2 rings (SSSR count). The Morgan fingerprint density at radius 1 is 1.53 bits per heavy atom. The van der Waals surface area contributed by atoms with Crippen molar-refractivity contribution in [3.05, 3.63) is 16.1 Å². The molecule has 0 unspecified atom stereocenters. The summed E-state index contributed by atoms with van der Waals surface area (Å²) in [5.74, 6) is -0.213. The van der Waals surface area contributed by atoms with Crippen LogP contribution in [-0.4, -0.2) is 10.8 Å². The molecule has 15 heavy (non-hydrogen) atoms. The second-order valence-electron chi connectivity index (χ2n) is 3.92. The summed E-state index contributed by atoms with van der Waals surface area (Å²) in [6.45, 7) is 1.77. The van der Waals surface area contributed by atoms with Crippen molar-refractivity contribution in [2.45, 2.75) is 25.9 Å². The van der Waals surface area contributed by atoms with E-state index in [1.807, 2.05) is 0 Å². The minimum Gasteiger partial charge on any atom is -0.293 e. The van der Waals surface area contributed by atoms with Crippen molar-refractivity contribution in [3.63, 3.8) is 0 Å². The van der Waals surface area contributed by atoms with E-state index < -0.39 is 16.6 Å². The van der Waals surface area contributed by atoms with Crippen LogP contribution in [0.25, 0.3) is 0 Å². The Morgan fingerprint density at radius 2 is 2.13 bits per heavy atom. The number of aromatic nitrogens is 1. The third kappa shape index (κ3) is 1.90. The summed E-state index contributed by atoms with van der Waals surface area (Å²) in [6.07, 6.45) is -1.91. The fourth-order valence-electron chi connectivity index (χ4n) is 1.22. The number of nitrogens with zero attached hydrogens (tertiary/aromatic N) is 1. The van der Waals surface area contributed by atoms with Crippen molar-refractivity contribution in [2.75, 3.05) is 0 Å². The molecule has 0 N–H and O–H groups in total. The number of ketones is 1. The first kappa shape index (κ1) is 10.6. The van der Waals surface area contributed by atoms with Gasteiger partial charge in [0.05, 0.1) is 4.88 Å². The Labute approximate surface area is 88.1 Å². The Bertz CT molecular complexity index is 406. The Morgan fingerprint density at radius 3 is 2.53 bits per heavy atom. The summed E-state index contributed by atoms with van der Waals surface area (Å²) < 4.78 is 36.6. The van der Waals surface area contributed by atoms with Gasteiger partial charge in [0, 0.05) is 11.6 Å². The third-order valence-electron chi connectivity index (χ3n) is 2.52. The van der Waals surface area contributed by atoms with Crippen molar-refractivity contribution >= 4 is 17.1 Å². The molecule has 1 aromatic heterocycles. The number of thiazole rings is 1. The Balaban J connectivity index is 2.24. The number of carbonyl (C=O) groups is 1. The molecule has 1 heterocycles. The van der Waals surface area contributed by atoms with Crippen molar-refractivity contribution in [3.8, 4) is 0 Å². The van der Waals surface area contributed by atoms with E-state index in [0.717, 1.165) is 19.0 Å². The van der Waals surface area contributed by atoms with Crippen LogP contribution >= 0.6 is 11.3 Å². The van der Waals surface area contributed by atoms with Gasteiger partial charge in [-0.3, -0.25) is 4.79 Å². The topological polar surface area (TPSA) is 30.0 Å². The molecular formula is C9H8F3NOS. The van der Waals surface area contributed by atoms with Gasteiger partial charge in [-0.1, -0.05) is 6.92 Å². The zero-order valence-electron chi connectivity index (χ0n) is 7.89. The van der Waals surface area contributed by atoms with E-state index in [9.17, 15) is 18.0 Å². The molecule has 0 amide bonds. The summed E-state index contributed by atoms with van der Waals surface area (Å²) in [5, 5.41) is -0.949. The van der Waals surface area contributed by atoms with Crippen LogP contribution in [0.2, 0.25) is 0 Å². The fraction of sp³-hybridized carbons (Fsp3) is 0.556. The van der Waals surface area contributed by atoms with Crippen molar-refractivity contribution in [1.29, 1.82) is 0 Å². The second kappa shape index (κ2) is 3.04. The maximum Gasteiger partial charge on any atom is 0.443 e. The number of hydrogen-bond donors (Lipinski definition) is 0. The van der Waals surface area contributed by atoms with Crippen LogP contribution < -0.4 is 0 Å². The van der Waals surface area contributed by atoms with E-state index in [1.165, 1.54) is 0 Å². The van der Waals surface area contributed by atoms with Gasteiger partial charge >= 0.3 is 6.18 Å². The fourth-order valence-corrected chi connectivity index (χ4v) is 2.10. The normalized spacial score (nSPS) is 18.9. The number of alkyl halides is 3. The smallest absolute Gasteiger partial charge is 0.293 e. The molecule has 0 atom stereocenters. The van der Waals surface area contributed by atoms with Crippen LogP contribution in [0.5, 0.6) is 0 Å². The molecule has 0 saturated heterocycles. The summed E-state index contributed by atoms with van der Waals surface area (Å²) in [4.78, 5) is 15.0. The number of Topliss-reactive ketones (excluding diaryl/α,β-unsaturated/α-hetero) is 1. The van der Waals surface area contributed by atoms with Gasteiger partial charge in [-0.15, -0.1) is 11.3 Å². The number of rotatable bonds is 2. The summed E-state index contributed by atoms with van der Waals surface area (Å²) in [6, 6.07) is 0. The lowest BCUT2D eigenvalue weighted by molar-refractivity contribution is -0.137. The highest BCUT2D eigenvalue weighted by Crippen LogP contribution is 2.48. The van der Waals surface area contributed by atoms with Gasteiger partial charge in [0.15, 0.2) is 10.8 Å². The lowest BCUT2D eigenvalue weighted by atomic mass is 10.0. The Kier molecular flexibility index (Phi) is 2.15. The van der Waals surface area contributed by atoms with Crippen molar-refractivity contribution < 1.29 is 18.0 Å². The van der Waals surface area contributed by atoms with E-state index in [-0.39, 0.29) is 10.7 Å². The maximum atomic E-state index is 12.2. The highest BCUT2D eigenvalue weighted by atomic mass is 32.1. The molecule has 0 aliphatic heterocycles. The first-order valence-corrected chi connectivity index (χ1v) is 5.22. The predicted molar refractivity (Wildman–Crippen MR) is 48.8 cm³/mol. The first-order chi connectivity index (χ1) is 6.83. The van der Waals surface area contributed by atoms with Gasteiger partial charge in [-0.05, 0) is 12.8 Å². The average molecular weight is 235 g/mol. The second-order valence-corrected chi connectivity index (χ2v) is 4.95. The number of hydrogen-bond acceptors (Lipinski definition) is 3. The molecule has 0 bridgehead atoms. The van der Waals surface area contributed by atoms with E-state index in [0.29, 0.717) is 11.3 Å². The zero-order chi connectivity index (χ0) is 11.3. The number of halogens is 3. The van der Waals surface area contributed by atoms with E-state index in [1.54, 1.807) is 6.92 Å². The summed E-state index contributed by atoms with van der Waals surface area (Å²) in [5.41, 5.74) is -0.435. The summed E-state index contributed by atoms with van der Waals surface area (Å²) >= 11 is 0.429. The zero-order valence-corrected chi connectivity index (χ0v) is 8.71. The van der Waals surface area contributed by atoms with Crippen molar-refractivity contribution in [1.82, 2.24) is 4.98 Å². The standard InChI is InChI=1S/C9H8F3NOS/c1-8(2-3-8)6(14)5-4-13-7(15-5)9(10,11)12/h4H,2-3H2,1H3. The van der Waals surface area contributed by atoms with E-state index in [4.69, 9.17) is 0 Å². The predicted octanol–water partition coefficient (Wildman–Crippen LogP) is 3.14. The Hall–Kier alpha value is -0.910. The molecule has 6 heteroatoms.